The number of fused-ring (bicyclic) bond motifs is 1. The predicted molar refractivity (Wildman–Crippen MR) is 149 cm³/mol. The molecule has 0 aliphatic carbocycles. The molecule has 0 unspecified atom stereocenters. The van der Waals surface area contributed by atoms with Gasteiger partial charge in [0.15, 0.2) is 0 Å². The fourth-order valence-electron chi connectivity index (χ4n) is 4.15. The van der Waals surface area contributed by atoms with E-state index in [-0.39, 0.29) is 5.91 Å². The molecule has 0 saturated heterocycles. The molecule has 0 saturated carbocycles. The highest BCUT2D eigenvalue weighted by molar-refractivity contribution is 7.92. The number of sulfonamides is 1. The Morgan fingerprint density at radius 3 is 2.31 bits per heavy atom. The van der Waals surface area contributed by atoms with E-state index in [2.05, 4.69) is 10.6 Å². The first-order valence-electron chi connectivity index (χ1n) is 11.5. The second-order valence-electron chi connectivity index (χ2n) is 8.92. The molecule has 188 valence electrons. The van der Waals surface area contributed by atoms with E-state index in [0.29, 0.717) is 40.6 Å². The van der Waals surface area contributed by atoms with Crippen LogP contribution in [0.15, 0.2) is 72.8 Å². The Balaban J connectivity index is 1.69. The summed E-state index contributed by atoms with van der Waals surface area (Å²) in [7, 11) is 0.489. The zero-order chi connectivity index (χ0) is 25.9. The molecule has 3 aromatic carbocycles. The van der Waals surface area contributed by atoms with Crippen molar-refractivity contribution in [2.45, 2.75) is 6.42 Å². The van der Waals surface area contributed by atoms with E-state index < -0.39 is 10.0 Å². The zero-order valence-corrected chi connectivity index (χ0v) is 22.0. The molecule has 36 heavy (non-hydrogen) atoms. The van der Waals surface area contributed by atoms with Crippen molar-refractivity contribution in [1.29, 1.82) is 0 Å². The van der Waals surface area contributed by atoms with Gasteiger partial charge in [-0.1, -0.05) is 48.0 Å². The van der Waals surface area contributed by atoms with E-state index >= 15 is 0 Å². The lowest BCUT2D eigenvalue weighted by Gasteiger charge is -2.23. The molecule has 0 aromatic heterocycles. The average molecular weight is 525 g/mol. The minimum absolute atomic E-state index is 0.223. The van der Waals surface area contributed by atoms with E-state index in [1.54, 1.807) is 24.3 Å². The Labute approximate surface area is 217 Å². The van der Waals surface area contributed by atoms with Crippen molar-refractivity contribution < 1.29 is 13.2 Å². The Kier molecular flexibility index (Phi) is 7.68. The van der Waals surface area contributed by atoms with Gasteiger partial charge in [-0.2, -0.15) is 0 Å². The van der Waals surface area contributed by atoms with Gasteiger partial charge in [0.05, 0.1) is 28.9 Å². The lowest BCUT2D eigenvalue weighted by atomic mass is 10.00. The summed E-state index contributed by atoms with van der Waals surface area (Å²) in [6.07, 6.45) is 1.93. The van der Waals surface area contributed by atoms with Crippen LogP contribution in [0.1, 0.15) is 17.5 Å². The maximum absolute atomic E-state index is 13.0. The third kappa shape index (κ3) is 5.90. The maximum Gasteiger partial charge on any atom is 0.258 e. The number of carbonyl (C=O) groups is 1. The van der Waals surface area contributed by atoms with Gasteiger partial charge in [0.1, 0.15) is 0 Å². The molecule has 2 N–H and O–H groups in total. The van der Waals surface area contributed by atoms with Crippen molar-refractivity contribution in [1.82, 2.24) is 4.90 Å². The van der Waals surface area contributed by atoms with Crippen LogP contribution < -0.4 is 14.9 Å². The molecule has 4 rings (SSSR count). The molecule has 9 heteroatoms. The van der Waals surface area contributed by atoms with Gasteiger partial charge < -0.3 is 15.5 Å². The van der Waals surface area contributed by atoms with Crippen molar-refractivity contribution >= 4 is 55.9 Å². The summed E-state index contributed by atoms with van der Waals surface area (Å²) < 4.78 is 26.3. The fourth-order valence-corrected chi connectivity index (χ4v) is 5.29. The number of amides is 1. The van der Waals surface area contributed by atoms with Crippen molar-refractivity contribution in [3.63, 3.8) is 0 Å². The molecule has 0 bridgehead atoms. The molecule has 1 heterocycles. The maximum atomic E-state index is 13.0. The third-order valence-corrected chi connectivity index (χ3v) is 7.26. The van der Waals surface area contributed by atoms with E-state index in [0.717, 1.165) is 23.4 Å². The van der Waals surface area contributed by atoms with Gasteiger partial charge in [-0.3, -0.25) is 9.10 Å². The summed E-state index contributed by atoms with van der Waals surface area (Å²) in [6, 6.07) is 22.1. The number of rotatable bonds is 9. The van der Waals surface area contributed by atoms with Crippen LogP contribution in [-0.4, -0.2) is 52.7 Å². The molecule has 3 aromatic rings. The van der Waals surface area contributed by atoms with Gasteiger partial charge in [0.2, 0.25) is 10.0 Å². The molecule has 0 atom stereocenters. The second kappa shape index (κ2) is 10.7. The second-order valence-corrected chi connectivity index (χ2v) is 11.3. The number of nitrogens with zero attached hydrogens (tertiary/aromatic N) is 2. The summed E-state index contributed by atoms with van der Waals surface area (Å²) in [4.78, 5) is 15.0. The lowest BCUT2D eigenvalue weighted by Crippen LogP contribution is -2.32. The van der Waals surface area contributed by atoms with Crippen molar-refractivity contribution in [2.75, 3.05) is 48.4 Å². The first-order valence-corrected chi connectivity index (χ1v) is 13.8. The van der Waals surface area contributed by atoms with Crippen LogP contribution in [0.5, 0.6) is 0 Å². The number of benzene rings is 3. The zero-order valence-electron chi connectivity index (χ0n) is 20.5. The number of hydrogen-bond donors (Lipinski definition) is 2. The van der Waals surface area contributed by atoms with Crippen molar-refractivity contribution in [3.8, 4) is 0 Å². The number of nitrogens with one attached hydrogen (secondary N) is 2. The smallest absolute Gasteiger partial charge is 0.258 e. The van der Waals surface area contributed by atoms with Gasteiger partial charge in [-0.05, 0) is 69.0 Å². The Morgan fingerprint density at radius 1 is 0.972 bits per heavy atom. The number of carbonyl (C=O) groups excluding carboxylic acids is 1. The molecular formula is C27H29ClN4O3S. The van der Waals surface area contributed by atoms with Crippen LogP contribution in [0.2, 0.25) is 5.02 Å². The molecular weight excluding hydrogens is 496 g/mol. The topological polar surface area (TPSA) is 81.8 Å². The number of hydrogen-bond acceptors (Lipinski definition) is 5. The number of anilines is 3. The first kappa shape index (κ1) is 25.8. The quantitative estimate of drug-likeness (QED) is 0.385. The standard InChI is InChI=1S/C27H29ClN4O3S/c1-31(2)16-7-17-32(36(3,34)35)22-13-11-21(12-14-22)29-26(19-8-5-4-6-9-19)25-23-15-10-20(28)18-24(23)30-27(25)33/h4-6,8-15,18,29H,7,16-17H2,1-3H3,(H,30,33)/b26-25-. The Morgan fingerprint density at radius 2 is 1.67 bits per heavy atom. The first-order chi connectivity index (χ1) is 17.1. The van der Waals surface area contributed by atoms with Crippen molar-refractivity contribution in [2.24, 2.45) is 0 Å². The van der Waals surface area contributed by atoms with Gasteiger partial charge in [-0.15, -0.1) is 0 Å². The summed E-state index contributed by atoms with van der Waals surface area (Å²) >= 11 is 6.13. The normalized spacial score (nSPS) is 14.4. The van der Waals surface area contributed by atoms with E-state index in [9.17, 15) is 13.2 Å². The van der Waals surface area contributed by atoms with E-state index in [1.807, 2.05) is 67.5 Å². The Hall–Kier alpha value is -3.33. The van der Waals surface area contributed by atoms with Crippen LogP contribution in [0.4, 0.5) is 17.1 Å². The van der Waals surface area contributed by atoms with Crippen LogP contribution in [0.25, 0.3) is 11.3 Å². The third-order valence-electron chi connectivity index (χ3n) is 5.83. The molecule has 7 nitrogen and oxygen atoms in total. The van der Waals surface area contributed by atoms with Crippen molar-refractivity contribution in [3.05, 3.63) is 88.9 Å². The highest BCUT2D eigenvalue weighted by Crippen LogP contribution is 2.38. The predicted octanol–water partition coefficient (Wildman–Crippen LogP) is 4.99. The van der Waals surface area contributed by atoms with Crippen LogP contribution in [0.3, 0.4) is 0 Å². The molecule has 1 aliphatic rings. The summed E-state index contributed by atoms with van der Waals surface area (Å²) in [5.74, 6) is -0.223. The fraction of sp³-hybridized carbons (Fsp3) is 0.222. The minimum Gasteiger partial charge on any atom is -0.354 e. The number of halogens is 1. The highest BCUT2D eigenvalue weighted by atomic mass is 35.5. The van der Waals surface area contributed by atoms with Gasteiger partial charge in [-0.25, -0.2) is 8.42 Å². The SMILES string of the molecule is CN(C)CCCN(c1ccc(N/C(=C2\C(=O)Nc3cc(Cl)ccc32)c2ccccc2)cc1)S(C)(=O)=O. The molecule has 1 aliphatic heterocycles. The monoisotopic (exact) mass is 524 g/mol. The molecule has 0 spiro atoms. The minimum atomic E-state index is -3.43. The van der Waals surface area contributed by atoms with Crippen LogP contribution in [-0.2, 0) is 14.8 Å². The van der Waals surface area contributed by atoms with Gasteiger partial charge in [0.25, 0.3) is 5.91 Å². The van der Waals surface area contributed by atoms with Crippen LogP contribution >= 0.6 is 11.6 Å². The van der Waals surface area contributed by atoms with Gasteiger partial charge in [0, 0.05) is 22.8 Å². The van der Waals surface area contributed by atoms with E-state index in [1.165, 1.54) is 10.6 Å². The van der Waals surface area contributed by atoms with Gasteiger partial charge >= 0.3 is 0 Å². The molecule has 1 amide bonds. The largest absolute Gasteiger partial charge is 0.354 e. The molecule has 0 radical (unpaired) electrons. The average Bonchev–Trinajstić information content (AvgIpc) is 3.15. The van der Waals surface area contributed by atoms with Crippen LogP contribution in [0, 0.1) is 0 Å². The summed E-state index contributed by atoms with van der Waals surface area (Å²) in [5, 5.41) is 6.83. The van der Waals surface area contributed by atoms with E-state index in [4.69, 9.17) is 11.6 Å². The Bertz CT molecular complexity index is 1390. The summed E-state index contributed by atoms with van der Waals surface area (Å²) in [6.45, 7) is 1.18. The highest BCUT2D eigenvalue weighted by Gasteiger charge is 2.28. The summed E-state index contributed by atoms with van der Waals surface area (Å²) in [5.41, 5.74) is 4.74. The molecule has 0 fully saturated rings. The lowest BCUT2D eigenvalue weighted by molar-refractivity contribution is -0.110.